The number of nitrogens with one attached hydrogen (secondary N) is 1. The zero-order valence-corrected chi connectivity index (χ0v) is 15.1. The number of amides is 1. The van der Waals surface area contributed by atoms with Crippen LogP contribution in [0.15, 0.2) is 0 Å². The quantitative estimate of drug-likeness (QED) is 0.152. The van der Waals surface area contributed by atoms with Crippen molar-refractivity contribution in [3.05, 3.63) is 0 Å². The van der Waals surface area contributed by atoms with E-state index < -0.39 is 80.7 Å². The van der Waals surface area contributed by atoms with Gasteiger partial charge in [-0.15, -0.1) is 0 Å². The molecule has 0 saturated carbocycles. The summed E-state index contributed by atoms with van der Waals surface area (Å²) < 4.78 is 10.3. The minimum atomic E-state index is -1.98. The lowest BCUT2D eigenvalue weighted by Crippen LogP contribution is -2.59. The van der Waals surface area contributed by atoms with Crippen molar-refractivity contribution in [3.8, 4) is 0 Å². The Morgan fingerprint density at radius 2 is 1.75 bits per heavy atom. The molecule has 0 aliphatic carbocycles. The van der Waals surface area contributed by atoms with E-state index in [0.717, 1.165) is 0 Å². The second-order valence-corrected chi connectivity index (χ2v) is 6.46. The van der Waals surface area contributed by atoms with E-state index in [2.05, 4.69) is 5.32 Å². The predicted molar refractivity (Wildman–Crippen MR) is 90.4 cm³/mol. The summed E-state index contributed by atoms with van der Waals surface area (Å²) in [6.45, 7) is -2.01. The van der Waals surface area contributed by atoms with Crippen LogP contribution in [0.4, 0.5) is 0 Å². The zero-order valence-electron chi connectivity index (χ0n) is 15.1. The highest BCUT2D eigenvalue weighted by Gasteiger charge is 2.45. The largest absolute Gasteiger partial charge is 0.394 e. The van der Waals surface area contributed by atoms with Crippen LogP contribution in [0.5, 0.6) is 0 Å². The molecule has 166 valence electrons. The summed E-state index contributed by atoms with van der Waals surface area (Å²) >= 11 is 0. The molecule has 1 heterocycles. The Morgan fingerprint density at radius 3 is 2.29 bits per heavy atom. The molecule has 1 aliphatic heterocycles. The molecule has 1 amide bonds. The van der Waals surface area contributed by atoms with Gasteiger partial charge in [-0.05, 0) is 0 Å². The molecule has 0 radical (unpaired) electrons. The Labute approximate surface area is 160 Å². The van der Waals surface area contributed by atoms with Crippen molar-refractivity contribution in [2.75, 3.05) is 32.9 Å². The molecule has 11 N–H and O–H groups in total. The molecule has 1 saturated heterocycles. The summed E-state index contributed by atoms with van der Waals surface area (Å²) in [6, 6.07) is 0. The molecule has 9 atom stereocenters. The summed E-state index contributed by atoms with van der Waals surface area (Å²) in [7, 11) is 0. The van der Waals surface area contributed by atoms with Gasteiger partial charge in [-0.3, -0.25) is 4.79 Å². The van der Waals surface area contributed by atoms with E-state index in [1.807, 2.05) is 0 Å². The molecule has 1 rings (SSSR count). The minimum absolute atomic E-state index is 0.0389. The zero-order chi connectivity index (χ0) is 21.4. The van der Waals surface area contributed by atoms with Gasteiger partial charge in [0.1, 0.15) is 24.4 Å². The number of aliphatic hydroxyl groups excluding tert-OH is 8. The van der Waals surface area contributed by atoms with Crippen LogP contribution >= 0.6 is 0 Å². The predicted octanol–water partition coefficient (Wildman–Crippen LogP) is -6.43. The Kier molecular flexibility index (Phi) is 10.6. The second kappa shape index (κ2) is 11.9. The van der Waals surface area contributed by atoms with E-state index >= 15 is 0 Å². The van der Waals surface area contributed by atoms with Crippen molar-refractivity contribution in [3.63, 3.8) is 0 Å². The number of rotatable bonds is 11. The Hall–Kier alpha value is -0.970. The molecule has 0 bridgehead atoms. The van der Waals surface area contributed by atoms with Crippen LogP contribution in [0.3, 0.4) is 0 Å². The van der Waals surface area contributed by atoms with Crippen molar-refractivity contribution in [1.29, 1.82) is 0 Å². The van der Waals surface area contributed by atoms with Crippen molar-refractivity contribution in [1.82, 2.24) is 5.32 Å². The number of ether oxygens (including phenoxy) is 2. The van der Waals surface area contributed by atoms with Gasteiger partial charge in [0.2, 0.25) is 0 Å². The maximum atomic E-state index is 11.8. The van der Waals surface area contributed by atoms with Gasteiger partial charge in [-0.25, -0.2) is 0 Å². The van der Waals surface area contributed by atoms with Gasteiger partial charge in [0.15, 0.2) is 12.4 Å². The molecule has 0 aromatic rings. The smallest absolute Gasteiger partial charge is 0.251 e. The summed E-state index contributed by atoms with van der Waals surface area (Å²) in [4.78, 5) is 11.8. The maximum absolute atomic E-state index is 11.8. The molecule has 1 aliphatic rings. The first kappa shape index (κ1) is 25.1. The monoisotopic (exact) mass is 414 g/mol. The van der Waals surface area contributed by atoms with Crippen molar-refractivity contribution in [2.24, 2.45) is 11.7 Å². The van der Waals surface area contributed by atoms with Gasteiger partial charge in [0.05, 0.1) is 32.0 Å². The molecule has 13 heteroatoms. The van der Waals surface area contributed by atoms with E-state index in [4.69, 9.17) is 25.4 Å². The first-order chi connectivity index (χ1) is 13.2. The third-order valence-electron chi connectivity index (χ3n) is 4.46. The summed E-state index contributed by atoms with van der Waals surface area (Å²) in [5, 5.41) is 80.0. The van der Waals surface area contributed by atoms with E-state index in [9.17, 15) is 35.4 Å². The number of nitrogens with two attached hydrogens (primary N) is 1. The Morgan fingerprint density at radius 1 is 1.11 bits per heavy atom. The maximum Gasteiger partial charge on any atom is 0.251 e. The van der Waals surface area contributed by atoms with Gasteiger partial charge in [0.25, 0.3) is 5.91 Å². The first-order valence-corrected chi connectivity index (χ1v) is 8.74. The number of carbonyl (C=O) groups excluding carboxylic acids is 1. The van der Waals surface area contributed by atoms with Crippen LogP contribution in [-0.2, 0) is 14.3 Å². The Balaban J connectivity index is 2.79. The van der Waals surface area contributed by atoms with Gasteiger partial charge >= 0.3 is 0 Å². The number of aliphatic hydroxyl groups is 8. The van der Waals surface area contributed by atoms with Gasteiger partial charge in [-0.2, -0.15) is 0 Å². The fourth-order valence-electron chi connectivity index (χ4n) is 2.67. The van der Waals surface area contributed by atoms with Gasteiger partial charge < -0.3 is 61.4 Å². The van der Waals surface area contributed by atoms with Crippen molar-refractivity contribution >= 4 is 5.91 Å². The molecule has 13 nitrogen and oxygen atoms in total. The number of carbonyl (C=O) groups is 1. The average Bonchev–Trinajstić information content (AvgIpc) is 2.70. The second-order valence-electron chi connectivity index (χ2n) is 6.46. The van der Waals surface area contributed by atoms with Gasteiger partial charge in [-0.1, -0.05) is 0 Å². The molecule has 28 heavy (non-hydrogen) atoms. The number of hydrogen-bond acceptors (Lipinski definition) is 12. The fourth-order valence-corrected chi connectivity index (χ4v) is 2.67. The van der Waals surface area contributed by atoms with E-state index in [1.165, 1.54) is 0 Å². The molecule has 0 aromatic heterocycles. The average molecular weight is 414 g/mol. The first-order valence-electron chi connectivity index (χ1n) is 8.74. The van der Waals surface area contributed by atoms with Crippen molar-refractivity contribution in [2.45, 2.75) is 49.0 Å². The SMILES string of the molecule is NCCNC(=O)[C@@H](O)[C@H](O)[C@@H](CO[C@@H]1O[C@H](CO)[C@H](O)[C@H](O)[C@H]1O)[C@@H](O)CO. The third-order valence-corrected chi connectivity index (χ3v) is 4.46. The lowest BCUT2D eigenvalue weighted by Gasteiger charge is -2.40. The normalized spacial score (nSPS) is 32.4. The molecular weight excluding hydrogens is 384 g/mol. The number of hydrogen-bond donors (Lipinski definition) is 10. The van der Waals surface area contributed by atoms with Crippen molar-refractivity contribution < 1.29 is 55.1 Å². The lowest BCUT2D eigenvalue weighted by atomic mass is 9.92. The highest BCUT2D eigenvalue weighted by atomic mass is 16.7. The van der Waals surface area contributed by atoms with Crippen LogP contribution in [0.25, 0.3) is 0 Å². The minimum Gasteiger partial charge on any atom is -0.394 e. The molecule has 0 unspecified atom stereocenters. The van der Waals surface area contributed by atoms with Crippen LogP contribution in [0.2, 0.25) is 0 Å². The topological polar surface area (TPSA) is 235 Å². The third kappa shape index (κ3) is 6.27. The van der Waals surface area contributed by atoms with Crippen LogP contribution < -0.4 is 11.1 Å². The lowest BCUT2D eigenvalue weighted by molar-refractivity contribution is -0.306. The van der Waals surface area contributed by atoms with Gasteiger partial charge in [0, 0.05) is 19.0 Å². The Bertz CT molecular complexity index is 469. The van der Waals surface area contributed by atoms with E-state index in [0.29, 0.717) is 0 Å². The highest BCUT2D eigenvalue weighted by molar-refractivity contribution is 5.81. The summed E-state index contributed by atoms with van der Waals surface area (Å²) in [6.07, 6.45) is -13.3. The van der Waals surface area contributed by atoms with E-state index in [-0.39, 0.29) is 13.1 Å². The molecule has 0 spiro atoms. The van der Waals surface area contributed by atoms with Crippen LogP contribution in [0, 0.1) is 5.92 Å². The van der Waals surface area contributed by atoms with E-state index in [1.54, 1.807) is 0 Å². The standard InChI is InChI=1S/C15H30N2O11/c16-1-2-17-14(26)12(24)9(21)6(7(20)3-18)5-27-15-13(25)11(23)10(22)8(4-19)28-15/h6-13,15,18-25H,1-5,16H2,(H,17,26)/t6-,7-,8+,9+,10-,11-,12-,13+,15+/m0/s1. The summed E-state index contributed by atoms with van der Waals surface area (Å²) in [5.41, 5.74) is 5.22. The highest BCUT2D eigenvalue weighted by Crippen LogP contribution is 2.24. The summed E-state index contributed by atoms with van der Waals surface area (Å²) in [5.74, 6) is -2.35. The van der Waals surface area contributed by atoms with Crippen LogP contribution in [0.1, 0.15) is 0 Å². The fraction of sp³-hybridized carbons (Fsp3) is 0.933. The molecular formula is C15H30N2O11. The molecule has 0 aromatic carbocycles. The van der Waals surface area contributed by atoms with Crippen LogP contribution in [-0.4, -0.2) is 129 Å². The molecule has 1 fully saturated rings.